The summed E-state index contributed by atoms with van der Waals surface area (Å²) >= 11 is 3.28. The topological polar surface area (TPSA) is 92.4 Å². The summed E-state index contributed by atoms with van der Waals surface area (Å²) in [6, 6.07) is 5.24. The second-order valence-electron chi connectivity index (χ2n) is 4.36. The van der Waals surface area contributed by atoms with Crippen molar-refractivity contribution < 1.29 is 14.7 Å². The first kappa shape index (κ1) is 15.5. The summed E-state index contributed by atoms with van der Waals surface area (Å²) in [4.78, 5) is 21.9. The molecule has 4 N–H and O–H groups in total. The van der Waals surface area contributed by atoms with Crippen molar-refractivity contribution in [2.75, 3.05) is 11.9 Å². The molecular formula is C13H17BrN2O3. The van der Waals surface area contributed by atoms with E-state index in [0.29, 0.717) is 30.6 Å². The van der Waals surface area contributed by atoms with Gasteiger partial charge in [-0.3, -0.25) is 9.59 Å². The maximum absolute atomic E-state index is 11.3. The van der Waals surface area contributed by atoms with Crippen LogP contribution in [0.25, 0.3) is 0 Å². The van der Waals surface area contributed by atoms with Crippen LogP contribution < -0.4 is 11.1 Å². The van der Waals surface area contributed by atoms with Gasteiger partial charge in [0.1, 0.15) is 0 Å². The van der Waals surface area contributed by atoms with Gasteiger partial charge in [-0.25, -0.2) is 0 Å². The number of hydrogen-bond acceptors (Lipinski definition) is 3. The number of benzene rings is 1. The van der Waals surface area contributed by atoms with E-state index in [4.69, 9.17) is 10.8 Å². The number of amides is 1. The first-order chi connectivity index (χ1) is 8.91. The second-order valence-corrected chi connectivity index (χ2v) is 5.28. The van der Waals surface area contributed by atoms with Crippen LogP contribution in [-0.4, -0.2) is 23.5 Å². The Hall–Kier alpha value is -1.56. The highest BCUT2D eigenvalue weighted by molar-refractivity contribution is 9.10. The lowest BCUT2D eigenvalue weighted by molar-refractivity contribution is -0.141. The molecule has 0 bridgehead atoms. The summed E-state index contributed by atoms with van der Waals surface area (Å²) in [5, 5.41) is 11.9. The van der Waals surface area contributed by atoms with Gasteiger partial charge >= 0.3 is 5.97 Å². The fraction of sp³-hybridized carbons (Fsp3) is 0.385. The van der Waals surface area contributed by atoms with E-state index in [1.807, 2.05) is 6.07 Å². The van der Waals surface area contributed by atoms with Gasteiger partial charge in [-0.05, 0) is 31.0 Å². The Labute approximate surface area is 120 Å². The third-order valence-electron chi connectivity index (χ3n) is 2.80. The van der Waals surface area contributed by atoms with Crippen molar-refractivity contribution in [3.8, 4) is 0 Å². The van der Waals surface area contributed by atoms with Crippen LogP contribution in [0, 0.1) is 5.92 Å². The second kappa shape index (κ2) is 7.13. The van der Waals surface area contributed by atoms with Crippen LogP contribution in [0.15, 0.2) is 22.7 Å². The van der Waals surface area contributed by atoms with E-state index in [2.05, 4.69) is 21.2 Å². The minimum atomic E-state index is -0.790. The number of nitrogens with two attached hydrogens (primary N) is 1. The Balaban J connectivity index is 2.54. The van der Waals surface area contributed by atoms with E-state index >= 15 is 0 Å². The molecule has 5 nitrogen and oxygen atoms in total. The Morgan fingerprint density at radius 2 is 2.16 bits per heavy atom. The van der Waals surface area contributed by atoms with Gasteiger partial charge < -0.3 is 16.2 Å². The molecule has 0 saturated heterocycles. The third-order valence-corrected chi connectivity index (χ3v) is 3.29. The lowest BCUT2D eigenvalue weighted by atomic mass is 10.1. The number of carboxylic acids is 1. The number of primary amides is 1. The molecule has 0 saturated carbocycles. The number of halogens is 1. The van der Waals surface area contributed by atoms with Gasteiger partial charge in [0.2, 0.25) is 0 Å². The van der Waals surface area contributed by atoms with E-state index in [1.54, 1.807) is 19.1 Å². The van der Waals surface area contributed by atoms with Gasteiger partial charge in [0, 0.05) is 16.7 Å². The number of rotatable bonds is 7. The number of anilines is 1. The van der Waals surface area contributed by atoms with Gasteiger partial charge in [-0.15, -0.1) is 0 Å². The van der Waals surface area contributed by atoms with E-state index in [1.165, 1.54) is 0 Å². The molecule has 6 heteroatoms. The molecule has 0 spiro atoms. The lowest BCUT2D eigenvalue weighted by Crippen LogP contribution is -2.16. The molecule has 1 amide bonds. The van der Waals surface area contributed by atoms with Crippen molar-refractivity contribution in [1.29, 1.82) is 0 Å². The minimum Gasteiger partial charge on any atom is -0.481 e. The largest absolute Gasteiger partial charge is 0.481 e. The molecule has 1 rings (SSSR count). The third kappa shape index (κ3) is 4.90. The fourth-order valence-corrected chi connectivity index (χ4v) is 1.99. The highest BCUT2D eigenvalue weighted by Crippen LogP contribution is 2.20. The molecule has 0 radical (unpaired) electrons. The quantitative estimate of drug-likeness (QED) is 0.670. The van der Waals surface area contributed by atoms with Crippen molar-refractivity contribution in [3.63, 3.8) is 0 Å². The molecule has 1 atom stereocenters. The van der Waals surface area contributed by atoms with Gasteiger partial charge in [0.25, 0.3) is 5.91 Å². The van der Waals surface area contributed by atoms with Crippen molar-refractivity contribution in [2.45, 2.75) is 19.8 Å². The average molecular weight is 329 g/mol. The van der Waals surface area contributed by atoms with Crippen LogP contribution in [0.5, 0.6) is 0 Å². The summed E-state index contributed by atoms with van der Waals surface area (Å²) in [6.45, 7) is 2.27. The van der Waals surface area contributed by atoms with Crippen molar-refractivity contribution in [1.82, 2.24) is 0 Å². The van der Waals surface area contributed by atoms with E-state index < -0.39 is 11.9 Å². The number of carbonyl (C=O) groups excluding carboxylic acids is 1. The normalized spacial score (nSPS) is 11.9. The minimum absolute atomic E-state index is 0.359. The number of carbonyl (C=O) groups is 2. The van der Waals surface area contributed by atoms with Crippen molar-refractivity contribution in [2.24, 2.45) is 11.7 Å². The Morgan fingerprint density at radius 3 is 2.74 bits per heavy atom. The fourth-order valence-electron chi connectivity index (χ4n) is 1.63. The molecule has 0 fully saturated rings. The number of hydrogen-bond donors (Lipinski definition) is 3. The summed E-state index contributed by atoms with van der Waals surface area (Å²) in [5.74, 6) is -1.65. The smallest absolute Gasteiger partial charge is 0.306 e. The molecule has 1 aromatic rings. The molecule has 0 aliphatic carbocycles. The Kier molecular flexibility index (Phi) is 5.82. The molecule has 19 heavy (non-hydrogen) atoms. The van der Waals surface area contributed by atoms with E-state index in [0.717, 1.165) is 4.47 Å². The number of nitrogens with one attached hydrogen (secondary N) is 1. The molecule has 0 aromatic heterocycles. The maximum Gasteiger partial charge on any atom is 0.306 e. The van der Waals surface area contributed by atoms with Gasteiger partial charge in [0.15, 0.2) is 0 Å². The maximum atomic E-state index is 11.3. The summed E-state index contributed by atoms with van der Waals surface area (Å²) in [7, 11) is 0. The molecule has 1 aromatic carbocycles. The number of aliphatic carboxylic acids is 1. The van der Waals surface area contributed by atoms with Gasteiger partial charge in [-0.2, -0.15) is 0 Å². The monoisotopic (exact) mass is 328 g/mol. The zero-order valence-electron chi connectivity index (χ0n) is 10.6. The molecule has 0 aliphatic rings. The standard InChI is InChI=1S/C13H17BrN2O3/c1-8(13(18)19)3-2-6-16-11-5-4-9(14)7-10(11)12(15)17/h4-5,7-8,16H,2-3,6H2,1H3,(H2,15,17)(H,18,19). The van der Waals surface area contributed by atoms with Crippen LogP contribution in [0.1, 0.15) is 30.1 Å². The highest BCUT2D eigenvalue weighted by atomic mass is 79.9. The zero-order valence-corrected chi connectivity index (χ0v) is 12.2. The summed E-state index contributed by atoms with van der Waals surface area (Å²) in [5.41, 5.74) is 6.38. The van der Waals surface area contributed by atoms with Crippen LogP contribution in [0.2, 0.25) is 0 Å². The average Bonchev–Trinajstić information content (AvgIpc) is 2.35. The molecule has 0 aliphatic heterocycles. The molecule has 104 valence electrons. The zero-order chi connectivity index (χ0) is 14.4. The Bertz CT molecular complexity index is 477. The summed E-state index contributed by atoms with van der Waals surface area (Å²) < 4.78 is 0.784. The molecule has 0 heterocycles. The van der Waals surface area contributed by atoms with Crippen LogP contribution in [0.3, 0.4) is 0 Å². The predicted octanol–water partition coefficient (Wildman–Crippen LogP) is 2.46. The van der Waals surface area contributed by atoms with E-state index in [-0.39, 0.29) is 5.92 Å². The first-order valence-electron chi connectivity index (χ1n) is 5.98. The summed E-state index contributed by atoms with van der Waals surface area (Å²) in [6.07, 6.45) is 1.30. The Morgan fingerprint density at radius 1 is 1.47 bits per heavy atom. The van der Waals surface area contributed by atoms with Crippen LogP contribution >= 0.6 is 15.9 Å². The van der Waals surface area contributed by atoms with E-state index in [9.17, 15) is 9.59 Å². The van der Waals surface area contributed by atoms with Crippen LogP contribution in [0.4, 0.5) is 5.69 Å². The molecular weight excluding hydrogens is 312 g/mol. The van der Waals surface area contributed by atoms with Gasteiger partial charge in [0.05, 0.1) is 11.5 Å². The predicted molar refractivity (Wildman–Crippen MR) is 77.2 cm³/mol. The SMILES string of the molecule is CC(CCCNc1ccc(Br)cc1C(N)=O)C(=O)O. The first-order valence-corrected chi connectivity index (χ1v) is 6.77. The van der Waals surface area contributed by atoms with Crippen molar-refractivity contribution in [3.05, 3.63) is 28.2 Å². The lowest BCUT2D eigenvalue weighted by Gasteiger charge is -2.11. The molecule has 1 unspecified atom stereocenters. The number of carboxylic acid groups (broad SMARTS) is 1. The highest BCUT2D eigenvalue weighted by Gasteiger charge is 2.11. The van der Waals surface area contributed by atoms with Crippen molar-refractivity contribution >= 4 is 33.5 Å². The van der Waals surface area contributed by atoms with Gasteiger partial charge in [-0.1, -0.05) is 22.9 Å². The van der Waals surface area contributed by atoms with Crippen LogP contribution in [-0.2, 0) is 4.79 Å².